The lowest BCUT2D eigenvalue weighted by Crippen LogP contribution is -2.36. The first-order valence-corrected chi connectivity index (χ1v) is 5.95. The van der Waals surface area contributed by atoms with Gasteiger partial charge in [-0.05, 0) is 37.3 Å². The predicted octanol–water partition coefficient (Wildman–Crippen LogP) is 1.54. The van der Waals surface area contributed by atoms with E-state index < -0.39 is 0 Å². The molecule has 0 bridgehead atoms. The second kappa shape index (κ2) is 5.50. The van der Waals surface area contributed by atoms with Gasteiger partial charge < -0.3 is 10.6 Å². The largest absolute Gasteiger partial charge is 0.356 e. The first-order valence-electron chi connectivity index (χ1n) is 5.95. The van der Waals surface area contributed by atoms with Crippen LogP contribution >= 0.6 is 0 Å². The molecule has 0 spiro atoms. The molecule has 0 saturated carbocycles. The topological polar surface area (TPSA) is 41.1 Å². The molecule has 1 aliphatic rings. The van der Waals surface area contributed by atoms with Crippen molar-refractivity contribution in [1.82, 2.24) is 10.6 Å². The van der Waals surface area contributed by atoms with Crippen LogP contribution in [0.5, 0.6) is 0 Å². The van der Waals surface area contributed by atoms with Crippen molar-refractivity contribution in [3.63, 3.8) is 0 Å². The van der Waals surface area contributed by atoms with Gasteiger partial charge in [0, 0.05) is 13.0 Å². The lowest BCUT2D eigenvalue weighted by atomic mass is 9.91. The Hall–Kier alpha value is -0.570. The number of carbonyl (C=O) groups excluding carboxylic acids is 1. The summed E-state index contributed by atoms with van der Waals surface area (Å²) in [4.78, 5) is 11.6. The Morgan fingerprint density at radius 1 is 1.33 bits per heavy atom. The predicted molar refractivity (Wildman–Crippen MR) is 62.7 cm³/mol. The molecule has 15 heavy (non-hydrogen) atoms. The molecular formula is C12H24N2O. The van der Waals surface area contributed by atoms with Crippen LogP contribution in [-0.4, -0.2) is 25.5 Å². The van der Waals surface area contributed by atoms with Crippen molar-refractivity contribution >= 4 is 5.91 Å². The summed E-state index contributed by atoms with van der Waals surface area (Å²) in [5.41, 5.74) is 0.0954. The van der Waals surface area contributed by atoms with Crippen LogP contribution in [0.4, 0.5) is 0 Å². The normalized spacial score (nSPS) is 18.9. The maximum absolute atomic E-state index is 11.6. The molecule has 1 rings (SSSR count). The second-order valence-electron chi connectivity index (χ2n) is 5.73. The minimum Gasteiger partial charge on any atom is -0.356 e. The number of amides is 1. The Labute approximate surface area is 93.0 Å². The first kappa shape index (κ1) is 12.5. The molecule has 1 saturated heterocycles. The fraction of sp³-hybridized carbons (Fsp3) is 0.917. The highest BCUT2D eigenvalue weighted by atomic mass is 16.1. The zero-order chi connectivity index (χ0) is 11.3. The van der Waals surface area contributed by atoms with E-state index in [-0.39, 0.29) is 11.3 Å². The third-order valence-electron chi connectivity index (χ3n) is 2.74. The Balaban J connectivity index is 2.15. The van der Waals surface area contributed by atoms with Gasteiger partial charge in [0.05, 0.1) is 0 Å². The maximum atomic E-state index is 11.6. The van der Waals surface area contributed by atoms with E-state index in [1.165, 1.54) is 12.8 Å². The molecule has 1 heterocycles. The van der Waals surface area contributed by atoms with Crippen molar-refractivity contribution in [1.29, 1.82) is 0 Å². The Bertz CT molecular complexity index is 202. The van der Waals surface area contributed by atoms with Gasteiger partial charge in [0.15, 0.2) is 0 Å². The number of piperidine rings is 1. The molecule has 0 unspecified atom stereocenters. The van der Waals surface area contributed by atoms with Gasteiger partial charge in [0.25, 0.3) is 0 Å². The summed E-state index contributed by atoms with van der Waals surface area (Å²) < 4.78 is 0. The zero-order valence-electron chi connectivity index (χ0n) is 10.2. The summed E-state index contributed by atoms with van der Waals surface area (Å²) in [6.45, 7) is 9.33. The monoisotopic (exact) mass is 212 g/mol. The number of hydrogen-bond donors (Lipinski definition) is 2. The molecule has 88 valence electrons. The molecule has 3 heteroatoms. The summed E-state index contributed by atoms with van der Waals surface area (Å²) in [5, 5.41) is 6.37. The number of carbonyl (C=O) groups is 1. The van der Waals surface area contributed by atoms with Crippen LogP contribution in [0, 0.1) is 11.3 Å². The fourth-order valence-corrected chi connectivity index (χ4v) is 1.89. The average Bonchev–Trinajstić information content (AvgIpc) is 2.14. The van der Waals surface area contributed by atoms with E-state index in [2.05, 4.69) is 31.4 Å². The Morgan fingerprint density at radius 3 is 2.47 bits per heavy atom. The lowest BCUT2D eigenvalue weighted by Gasteiger charge is -2.24. The quantitative estimate of drug-likeness (QED) is 0.745. The van der Waals surface area contributed by atoms with Crippen LogP contribution in [0.1, 0.15) is 40.0 Å². The SMILES string of the molecule is CC(C)(C)CC(=O)NCC1CCNCC1. The fourth-order valence-electron chi connectivity index (χ4n) is 1.89. The van der Waals surface area contributed by atoms with E-state index in [0.29, 0.717) is 12.3 Å². The molecule has 2 N–H and O–H groups in total. The van der Waals surface area contributed by atoms with Crippen molar-refractivity contribution in [3.8, 4) is 0 Å². The molecule has 0 radical (unpaired) electrons. The van der Waals surface area contributed by atoms with Crippen LogP contribution < -0.4 is 10.6 Å². The molecule has 0 aromatic carbocycles. The number of nitrogens with one attached hydrogen (secondary N) is 2. The molecule has 0 aliphatic carbocycles. The second-order valence-corrected chi connectivity index (χ2v) is 5.73. The van der Waals surface area contributed by atoms with Crippen molar-refractivity contribution < 1.29 is 4.79 Å². The van der Waals surface area contributed by atoms with Crippen LogP contribution in [0.25, 0.3) is 0 Å². The molecular weight excluding hydrogens is 188 g/mol. The smallest absolute Gasteiger partial charge is 0.220 e. The lowest BCUT2D eigenvalue weighted by molar-refractivity contribution is -0.123. The Kier molecular flexibility index (Phi) is 4.58. The molecule has 1 aliphatic heterocycles. The van der Waals surface area contributed by atoms with Gasteiger partial charge in [-0.15, -0.1) is 0 Å². The van der Waals surface area contributed by atoms with Crippen molar-refractivity contribution in [2.24, 2.45) is 11.3 Å². The molecule has 1 fully saturated rings. The first-order chi connectivity index (χ1) is 6.97. The van der Waals surface area contributed by atoms with Crippen molar-refractivity contribution in [3.05, 3.63) is 0 Å². The van der Waals surface area contributed by atoms with E-state index in [4.69, 9.17) is 0 Å². The van der Waals surface area contributed by atoms with E-state index in [1.807, 2.05) is 0 Å². The minimum absolute atomic E-state index is 0.0954. The van der Waals surface area contributed by atoms with Crippen LogP contribution in [0.15, 0.2) is 0 Å². The summed E-state index contributed by atoms with van der Waals surface area (Å²) >= 11 is 0. The average molecular weight is 212 g/mol. The van der Waals surface area contributed by atoms with Gasteiger partial charge in [-0.2, -0.15) is 0 Å². The van der Waals surface area contributed by atoms with Crippen LogP contribution in [-0.2, 0) is 4.79 Å². The van der Waals surface area contributed by atoms with Crippen LogP contribution in [0.3, 0.4) is 0 Å². The highest BCUT2D eigenvalue weighted by Gasteiger charge is 2.18. The van der Waals surface area contributed by atoms with Gasteiger partial charge >= 0.3 is 0 Å². The molecule has 0 aromatic heterocycles. The molecule has 0 aromatic rings. The minimum atomic E-state index is 0.0954. The van der Waals surface area contributed by atoms with Gasteiger partial charge in [0.2, 0.25) is 5.91 Å². The van der Waals surface area contributed by atoms with Crippen molar-refractivity contribution in [2.75, 3.05) is 19.6 Å². The summed E-state index contributed by atoms with van der Waals surface area (Å²) in [6, 6.07) is 0. The summed E-state index contributed by atoms with van der Waals surface area (Å²) in [7, 11) is 0. The number of hydrogen-bond acceptors (Lipinski definition) is 2. The van der Waals surface area contributed by atoms with E-state index in [1.54, 1.807) is 0 Å². The van der Waals surface area contributed by atoms with E-state index in [0.717, 1.165) is 19.6 Å². The standard InChI is InChI=1S/C12H24N2O/c1-12(2,3)8-11(15)14-9-10-4-6-13-7-5-10/h10,13H,4-9H2,1-3H3,(H,14,15). The van der Waals surface area contributed by atoms with Gasteiger partial charge in [-0.3, -0.25) is 4.79 Å². The van der Waals surface area contributed by atoms with E-state index >= 15 is 0 Å². The van der Waals surface area contributed by atoms with Crippen LogP contribution in [0.2, 0.25) is 0 Å². The zero-order valence-corrected chi connectivity index (χ0v) is 10.2. The third-order valence-corrected chi connectivity index (χ3v) is 2.74. The van der Waals surface area contributed by atoms with Gasteiger partial charge in [-0.1, -0.05) is 20.8 Å². The highest BCUT2D eigenvalue weighted by molar-refractivity contribution is 5.76. The third kappa shape index (κ3) is 5.78. The van der Waals surface area contributed by atoms with Crippen molar-refractivity contribution in [2.45, 2.75) is 40.0 Å². The number of rotatable bonds is 3. The molecule has 0 atom stereocenters. The highest BCUT2D eigenvalue weighted by Crippen LogP contribution is 2.18. The molecule has 3 nitrogen and oxygen atoms in total. The summed E-state index contributed by atoms with van der Waals surface area (Å²) in [6.07, 6.45) is 3.00. The maximum Gasteiger partial charge on any atom is 0.220 e. The Morgan fingerprint density at radius 2 is 1.93 bits per heavy atom. The van der Waals surface area contributed by atoms with Gasteiger partial charge in [0.1, 0.15) is 0 Å². The van der Waals surface area contributed by atoms with E-state index in [9.17, 15) is 4.79 Å². The van der Waals surface area contributed by atoms with Gasteiger partial charge in [-0.25, -0.2) is 0 Å². The molecule has 1 amide bonds. The summed E-state index contributed by atoms with van der Waals surface area (Å²) in [5.74, 6) is 0.871.